The van der Waals surface area contributed by atoms with E-state index in [1.54, 1.807) is 18.4 Å². The van der Waals surface area contributed by atoms with Crippen LogP contribution in [0.2, 0.25) is 0 Å². The van der Waals surface area contributed by atoms with E-state index in [2.05, 4.69) is 38.1 Å². The first-order valence-corrected chi connectivity index (χ1v) is 11.7. The Kier molecular flexibility index (Phi) is 7.04. The Hall–Kier alpha value is -2.64. The van der Waals surface area contributed by atoms with Crippen LogP contribution in [0.3, 0.4) is 0 Å². The highest BCUT2D eigenvalue weighted by molar-refractivity contribution is 7.12. The second-order valence-electron chi connectivity index (χ2n) is 8.20. The molecular formula is C24H30N4O2S. The fraction of sp³-hybridized carbons (Fsp3) is 0.417. The van der Waals surface area contributed by atoms with Crippen LogP contribution in [-0.2, 0) is 11.3 Å². The SMILES string of the molecule is COc1ccc(NC(=O)CCC2CCCN(Cc3cccn3-c3nccs3)C2)c(C)c1. The van der Waals surface area contributed by atoms with Crippen LogP contribution in [0.4, 0.5) is 5.69 Å². The van der Waals surface area contributed by atoms with Gasteiger partial charge in [-0.15, -0.1) is 11.3 Å². The number of thiazole rings is 1. The molecule has 0 saturated carbocycles. The average molecular weight is 439 g/mol. The van der Waals surface area contributed by atoms with Gasteiger partial charge >= 0.3 is 0 Å². The lowest BCUT2D eigenvalue weighted by Crippen LogP contribution is -2.35. The maximum absolute atomic E-state index is 12.5. The summed E-state index contributed by atoms with van der Waals surface area (Å²) in [6.07, 6.45) is 7.78. The first-order chi connectivity index (χ1) is 15.1. The van der Waals surface area contributed by atoms with Crippen molar-refractivity contribution in [1.82, 2.24) is 14.5 Å². The number of likely N-dealkylation sites (tertiary alicyclic amines) is 1. The molecule has 31 heavy (non-hydrogen) atoms. The van der Waals surface area contributed by atoms with E-state index in [9.17, 15) is 4.79 Å². The average Bonchev–Trinajstić information content (AvgIpc) is 3.46. The molecule has 7 heteroatoms. The number of hydrogen-bond donors (Lipinski definition) is 1. The molecule has 1 aliphatic rings. The second kappa shape index (κ2) is 10.1. The van der Waals surface area contributed by atoms with E-state index >= 15 is 0 Å². The van der Waals surface area contributed by atoms with Crippen molar-refractivity contribution < 1.29 is 9.53 Å². The molecule has 1 aromatic carbocycles. The zero-order valence-electron chi connectivity index (χ0n) is 18.2. The number of ether oxygens (including phenoxy) is 1. The van der Waals surface area contributed by atoms with Crippen LogP contribution in [-0.4, -0.2) is 40.6 Å². The van der Waals surface area contributed by atoms with Crippen molar-refractivity contribution in [2.75, 3.05) is 25.5 Å². The van der Waals surface area contributed by atoms with Gasteiger partial charge in [0.25, 0.3) is 0 Å². The molecule has 1 unspecified atom stereocenters. The van der Waals surface area contributed by atoms with Gasteiger partial charge in [0.05, 0.1) is 7.11 Å². The van der Waals surface area contributed by atoms with Gasteiger partial charge in [-0.2, -0.15) is 0 Å². The van der Waals surface area contributed by atoms with Crippen LogP contribution in [0.1, 0.15) is 36.9 Å². The molecule has 0 bridgehead atoms. The van der Waals surface area contributed by atoms with Crippen LogP contribution in [0.15, 0.2) is 48.1 Å². The maximum atomic E-state index is 12.5. The topological polar surface area (TPSA) is 59.4 Å². The van der Waals surface area contributed by atoms with Crippen LogP contribution in [0, 0.1) is 12.8 Å². The van der Waals surface area contributed by atoms with E-state index in [-0.39, 0.29) is 5.91 Å². The third-order valence-electron chi connectivity index (χ3n) is 5.93. The molecule has 2 aromatic heterocycles. The van der Waals surface area contributed by atoms with E-state index < -0.39 is 0 Å². The number of hydrogen-bond acceptors (Lipinski definition) is 5. The Balaban J connectivity index is 1.28. The first-order valence-electron chi connectivity index (χ1n) is 10.9. The number of carbonyl (C=O) groups is 1. The molecule has 0 spiro atoms. The number of carbonyl (C=O) groups excluding carboxylic acids is 1. The van der Waals surface area contributed by atoms with Gasteiger partial charge in [-0.05, 0) is 74.5 Å². The number of methoxy groups -OCH3 is 1. The minimum Gasteiger partial charge on any atom is -0.497 e. The molecule has 1 amide bonds. The monoisotopic (exact) mass is 438 g/mol. The molecule has 1 aliphatic heterocycles. The maximum Gasteiger partial charge on any atom is 0.224 e. The second-order valence-corrected chi connectivity index (χ2v) is 9.07. The van der Waals surface area contributed by atoms with Gasteiger partial charge in [0.15, 0.2) is 5.13 Å². The van der Waals surface area contributed by atoms with Gasteiger partial charge in [-0.25, -0.2) is 4.98 Å². The van der Waals surface area contributed by atoms with Crippen LogP contribution >= 0.6 is 11.3 Å². The van der Waals surface area contributed by atoms with E-state index in [1.165, 1.54) is 18.5 Å². The Morgan fingerprint density at radius 2 is 2.26 bits per heavy atom. The number of amides is 1. The minimum absolute atomic E-state index is 0.0861. The Morgan fingerprint density at radius 3 is 3.03 bits per heavy atom. The highest BCUT2D eigenvalue weighted by Gasteiger charge is 2.22. The summed E-state index contributed by atoms with van der Waals surface area (Å²) in [6.45, 7) is 5.05. The van der Waals surface area contributed by atoms with Crippen LogP contribution < -0.4 is 10.1 Å². The van der Waals surface area contributed by atoms with Crippen molar-refractivity contribution >= 4 is 22.9 Å². The van der Waals surface area contributed by atoms with Gasteiger partial charge in [0.2, 0.25) is 5.91 Å². The number of nitrogens with zero attached hydrogens (tertiary/aromatic N) is 3. The predicted molar refractivity (Wildman–Crippen MR) is 125 cm³/mol. The number of piperidine rings is 1. The summed E-state index contributed by atoms with van der Waals surface area (Å²) in [5.41, 5.74) is 3.14. The Labute approximate surface area is 187 Å². The summed E-state index contributed by atoms with van der Waals surface area (Å²) in [5.74, 6) is 1.45. The molecule has 0 radical (unpaired) electrons. The van der Waals surface area contributed by atoms with Crippen molar-refractivity contribution in [3.05, 3.63) is 59.4 Å². The van der Waals surface area contributed by atoms with Crippen LogP contribution in [0.5, 0.6) is 5.75 Å². The van der Waals surface area contributed by atoms with Crippen molar-refractivity contribution in [3.63, 3.8) is 0 Å². The number of anilines is 1. The van der Waals surface area contributed by atoms with Crippen molar-refractivity contribution in [3.8, 4) is 10.9 Å². The van der Waals surface area contributed by atoms with E-state index in [0.29, 0.717) is 12.3 Å². The number of aromatic nitrogens is 2. The molecule has 1 fully saturated rings. The van der Waals surface area contributed by atoms with Gasteiger partial charge in [0.1, 0.15) is 5.75 Å². The molecule has 1 saturated heterocycles. The van der Waals surface area contributed by atoms with Gasteiger partial charge < -0.3 is 10.1 Å². The normalized spacial score (nSPS) is 16.9. The van der Waals surface area contributed by atoms with E-state index in [0.717, 1.165) is 48.2 Å². The highest BCUT2D eigenvalue weighted by atomic mass is 32.1. The molecule has 3 heterocycles. The van der Waals surface area contributed by atoms with Crippen molar-refractivity contribution in [2.45, 2.75) is 39.2 Å². The van der Waals surface area contributed by atoms with Gasteiger partial charge in [-0.3, -0.25) is 14.3 Å². The van der Waals surface area contributed by atoms with Crippen molar-refractivity contribution in [1.29, 1.82) is 0 Å². The fourth-order valence-corrected chi connectivity index (χ4v) is 4.93. The minimum atomic E-state index is 0.0861. The Morgan fingerprint density at radius 1 is 1.35 bits per heavy atom. The quantitative estimate of drug-likeness (QED) is 0.544. The summed E-state index contributed by atoms with van der Waals surface area (Å²) in [7, 11) is 1.65. The first kappa shape index (κ1) is 21.6. The molecule has 1 N–H and O–H groups in total. The summed E-state index contributed by atoms with van der Waals surface area (Å²) < 4.78 is 7.42. The van der Waals surface area contributed by atoms with Crippen molar-refractivity contribution in [2.24, 2.45) is 5.92 Å². The number of nitrogens with one attached hydrogen (secondary N) is 1. The molecule has 6 nitrogen and oxygen atoms in total. The molecule has 1 atom stereocenters. The summed E-state index contributed by atoms with van der Waals surface area (Å²) in [4.78, 5) is 19.5. The van der Waals surface area contributed by atoms with Gasteiger partial charge in [0, 0.05) is 48.7 Å². The highest BCUT2D eigenvalue weighted by Crippen LogP contribution is 2.25. The standard InChI is InChI=1S/C24H30N4O2S/c1-18-15-21(30-2)8-9-22(18)26-23(29)10-7-19-5-3-12-27(16-19)17-20-6-4-13-28(20)24-25-11-14-31-24/h4,6,8-9,11,13-15,19H,3,5,7,10,12,16-17H2,1-2H3,(H,26,29). The zero-order valence-corrected chi connectivity index (χ0v) is 19.0. The molecule has 4 rings (SSSR count). The smallest absolute Gasteiger partial charge is 0.224 e. The Bertz CT molecular complexity index is 999. The lowest BCUT2D eigenvalue weighted by molar-refractivity contribution is -0.116. The summed E-state index contributed by atoms with van der Waals surface area (Å²) in [5, 5.41) is 6.08. The third-order valence-corrected chi connectivity index (χ3v) is 6.71. The largest absolute Gasteiger partial charge is 0.497 e. The van der Waals surface area contributed by atoms with Crippen LogP contribution in [0.25, 0.3) is 5.13 Å². The lowest BCUT2D eigenvalue weighted by Gasteiger charge is -2.32. The van der Waals surface area contributed by atoms with E-state index in [1.807, 2.05) is 36.7 Å². The number of benzene rings is 1. The zero-order chi connectivity index (χ0) is 21.6. The molecular weight excluding hydrogens is 408 g/mol. The third kappa shape index (κ3) is 5.54. The summed E-state index contributed by atoms with van der Waals surface area (Å²) in [6, 6.07) is 9.99. The fourth-order valence-electron chi connectivity index (χ4n) is 4.28. The molecule has 0 aliphatic carbocycles. The van der Waals surface area contributed by atoms with Gasteiger partial charge in [-0.1, -0.05) is 0 Å². The number of rotatable bonds is 8. The van der Waals surface area contributed by atoms with E-state index in [4.69, 9.17) is 4.74 Å². The summed E-state index contributed by atoms with van der Waals surface area (Å²) >= 11 is 1.65. The lowest BCUT2D eigenvalue weighted by atomic mass is 9.93. The molecule has 164 valence electrons. The molecule has 3 aromatic rings. The number of aryl methyl sites for hydroxylation is 1. The predicted octanol–water partition coefficient (Wildman–Crippen LogP) is 4.88.